The Morgan fingerprint density at radius 3 is 2.68 bits per heavy atom. The summed E-state index contributed by atoms with van der Waals surface area (Å²) in [5.74, 6) is -0.390. The van der Waals surface area contributed by atoms with E-state index >= 15 is 0 Å². The van der Waals surface area contributed by atoms with Crippen LogP contribution >= 0.6 is 0 Å². The van der Waals surface area contributed by atoms with Gasteiger partial charge in [-0.15, -0.1) is 0 Å². The topological polar surface area (TPSA) is 44.8 Å². The van der Waals surface area contributed by atoms with Gasteiger partial charge in [0.2, 0.25) is 0 Å². The van der Waals surface area contributed by atoms with Crippen LogP contribution in [0.5, 0.6) is 0 Å². The standard InChI is InChI=1S/C18H24O4/c1-3-4-10-15-11-12-16(13-21-15)22-18(19)17(20-2)14-8-6-5-7-9-14/h5-9,11-12,15-17H,3-4,10,13H2,1-2H3/t15-,16+,17+/m0/s1. The second-order valence-electron chi connectivity index (χ2n) is 5.40. The van der Waals surface area contributed by atoms with Gasteiger partial charge in [0, 0.05) is 7.11 Å². The molecule has 4 heteroatoms. The zero-order chi connectivity index (χ0) is 15.8. The summed E-state index contributed by atoms with van der Waals surface area (Å²) in [6.45, 7) is 2.56. The normalized spacial score (nSPS) is 22.3. The lowest BCUT2D eigenvalue weighted by Gasteiger charge is -2.25. The van der Waals surface area contributed by atoms with Crippen molar-refractivity contribution in [1.29, 1.82) is 0 Å². The lowest BCUT2D eigenvalue weighted by atomic mass is 10.1. The van der Waals surface area contributed by atoms with Crippen molar-refractivity contribution < 1.29 is 19.0 Å². The maximum atomic E-state index is 12.3. The fraction of sp³-hybridized carbons (Fsp3) is 0.500. The van der Waals surface area contributed by atoms with Gasteiger partial charge in [-0.1, -0.05) is 56.2 Å². The largest absolute Gasteiger partial charge is 0.453 e. The first-order valence-corrected chi connectivity index (χ1v) is 7.82. The monoisotopic (exact) mass is 304 g/mol. The van der Waals surface area contributed by atoms with Crippen molar-refractivity contribution >= 4 is 5.97 Å². The maximum Gasteiger partial charge on any atom is 0.340 e. The van der Waals surface area contributed by atoms with Gasteiger partial charge in [-0.05, 0) is 18.1 Å². The third-order valence-electron chi connectivity index (χ3n) is 3.68. The third-order valence-corrected chi connectivity index (χ3v) is 3.68. The van der Waals surface area contributed by atoms with Gasteiger partial charge in [-0.2, -0.15) is 0 Å². The van der Waals surface area contributed by atoms with Crippen LogP contribution in [-0.4, -0.2) is 31.9 Å². The molecule has 1 aliphatic heterocycles. The molecule has 120 valence electrons. The van der Waals surface area contributed by atoms with Crippen LogP contribution in [0.4, 0.5) is 0 Å². The second kappa shape index (κ2) is 8.71. The predicted molar refractivity (Wildman–Crippen MR) is 84.5 cm³/mol. The fourth-order valence-electron chi connectivity index (χ4n) is 2.44. The molecule has 0 saturated carbocycles. The first-order chi connectivity index (χ1) is 10.7. The lowest BCUT2D eigenvalue weighted by Crippen LogP contribution is -2.31. The van der Waals surface area contributed by atoms with E-state index in [0.717, 1.165) is 24.8 Å². The number of hydrogen-bond donors (Lipinski definition) is 0. The Balaban J connectivity index is 1.89. The Bertz CT molecular complexity index is 483. The van der Waals surface area contributed by atoms with Crippen LogP contribution in [-0.2, 0) is 19.0 Å². The summed E-state index contributed by atoms with van der Waals surface area (Å²) >= 11 is 0. The zero-order valence-electron chi connectivity index (χ0n) is 13.2. The highest BCUT2D eigenvalue weighted by atomic mass is 16.6. The number of carbonyl (C=O) groups excluding carboxylic acids is 1. The van der Waals surface area contributed by atoms with Gasteiger partial charge >= 0.3 is 5.97 Å². The molecule has 1 heterocycles. The summed E-state index contributed by atoms with van der Waals surface area (Å²) in [6.07, 6.45) is 6.30. The minimum absolute atomic E-state index is 0.141. The van der Waals surface area contributed by atoms with Gasteiger partial charge in [-0.25, -0.2) is 4.79 Å². The fourth-order valence-corrected chi connectivity index (χ4v) is 2.44. The lowest BCUT2D eigenvalue weighted by molar-refractivity contribution is -0.163. The van der Waals surface area contributed by atoms with Gasteiger partial charge in [0.15, 0.2) is 6.10 Å². The van der Waals surface area contributed by atoms with Crippen molar-refractivity contribution in [2.45, 2.75) is 44.5 Å². The Labute approximate surface area is 132 Å². The molecule has 0 spiro atoms. The highest BCUT2D eigenvalue weighted by Gasteiger charge is 2.26. The molecule has 4 nitrogen and oxygen atoms in total. The summed E-state index contributed by atoms with van der Waals surface area (Å²) in [6, 6.07) is 9.34. The summed E-state index contributed by atoms with van der Waals surface area (Å²) in [5.41, 5.74) is 0.788. The smallest absolute Gasteiger partial charge is 0.340 e. The van der Waals surface area contributed by atoms with Crippen LogP contribution in [0.15, 0.2) is 42.5 Å². The van der Waals surface area contributed by atoms with Crippen molar-refractivity contribution in [2.24, 2.45) is 0 Å². The molecule has 1 aromatic rings. The van der Waals surface area contributed by atoms with Crippen molar-refractivity contribution in [2.75, 3.05) is 13.7 Å². The molecule has 0 aromatic heterocycles. The van der Waals surface area contributed by atoms with Gasteiger partial charge in [0.05, 0.1) is 12.7 Å². The molecular weight excluding hydrogens is 280 g/mol. The highest BCUT2D eigenvalue weighted by Crippen LogP contribution is 2.20. The minimum atomic E-state index is -0.701. The number of hydrogen-bond acceptors (Lipinski definition) is 4. The molecular formula is C18H24O4. The van der Waals surface area contributed by atoms with E-state index in [1.807, 2.05) is 42.5 Å². The molecule has 0 saturated heterocycles. The van der Waals surface area contributed by atoms with Crippen LogP contribution in [0.1, 0.15) is 37.9 Å². The molecule has 0 N–H and O–H groups in total. The molecule has 0 fully saturated rings. The van der Waals surface area contributed by atoms with E-state index in [-0.39, 0.29) is 18.2 Å². The predicted octanol–water partition coefficient (Wildman–Crippen LogP) is 3.43. The van der Waals surface area contributed by atoms with Crippen LogP contribution in [0, 0.1) is 0 Å². The molecule has 0 radical (unpaired) electrons. The number of methoxy groups -OCH3 is 1. The molecule has 3 atom stereocenters. The Kier molecular flexibility index (Phi) is 6.62. The van der Waals surface area contributed by atoms with Crippen LogP contribution in [0.2, 0.25) is 0 Å². The van der Waals surface area contributed by atoms with Crippen LogP contribution in [0.25, 0.3) is 0 Å². The first kappa shape index (κ1) is 16.7. The van der Waals surface area contributed by atoms with E-state index in [4.69, 9.17) is 14.2 Å². The van der Waals surface area contributed by atoms with Crippen molar-refractivity contribution in [3.05, 3.63) is 48.0 Å². The van der Waals surface area contributed by atoms with E-state index in [0.29, 0.717) is 6.61 Å². The van der Waals surface area contributed by atoms with Crippen LogP contribution < -0.4 is 0 Å². The van der Waals surface area contributed by atoms with E-state index in [1.54, 1.807) is 0 Å². The number of benzene rings is 1. The molecule has 1 aliphatic rings. The third kappa shape index (κ3) is 4.68. The van der Waals surface area contributed by atoms with E-state index in [1.165, 1.54) is 7.11 Å². The van der Waals surface area contributed by atoms with Crippen molar-refractivity contribution in [3.8, 4) is 0 Å². The van der Waals surface area contributed by atoms with E-state index < -0.39 is 6.10 Å². The number of unbranched alkanes of at least 4 members (excludes halogenated alkanes) is 1. The summed E-state index contributed by atoms with van der Waals surface area (Å²) in [7, 11) is 1.51. The van der Waals surface area contributed by atoms with Gasteiger partial charge in [0.25, 0.3) is 0 Å². The number of carbonyl (C=O) groups is 1. The van der Waals surface area contributed by atoms with E-state index in [2.05, 4.69) is 6.92 Å². The zero-order valence-corrected chi connectivity index (χ0v) is 13.2. The highest BCUT2D eigenvalue weighted by molar-refractivity contribution is 5.76. The Morgan fingerprint density at radius 1 is 1.32 bits per heavy atom. The Morgan fingerprint density at radius 2 is 2.09 bits per heavy atom. The average Bonchev–Trinajstić information content (AvgIpc) is 2.56. The molecule has 22 heavy (non-hydrogen) atoms. The molecule has 0 bridgehead atoms. The van der Waals surface area contributed by atoms with Gasteiger partial charge in [-0.3, -0.25) is 0 Å². The van der Waals surface area contributed by atoms with Gasteiger partial charge in [0.1, 0.15) is 6.10 Å². The summed E-state index contributed by atoms with van der Waals surface area (Å²) in [5, 5.41) is 0. The SMILES string of the molecule is CCCC[C@H]1C=C[C@@H](OC(=O)[C@H](OC)c2ccccc2)CO1. The summed E-state index contributed by atoms with van der Waals surface area (Å²) in [4.78, 5) is 12.3. The number of ether oxygens (including phenoxy) is 3. The molecule has 0 aliphatic carbocycles. The molecule has 1 aromatic carbocycles. The molecule has 0 unspecified atom stereocenters. The molecule has 0 amide bonds. The van der Waals surface area contributed by atoms with Crippen LogP contribution in [0.3, 0.4) is 0 Å². The van der Waals surface area contributed by atoms with Crippen molar-refractivity contribution in [3.63, 3.8) is 0 Å². The van der Waals surface area contributed by atoms with Gasteiger partial charge < -0.3 is 14.2 Å². The summed E-state index contributed by atoms with van der Waals surface area (Å²) < 4.78 is 16.5. The Hall–Kier alpha value is -1.65. The number of rotatable bonds is 7. The van der Waals surface area contributed by atoms with E-state index in [9.17, 15) is 4.79 Å². The number of esters is 1. The second-order valence-corrected chi connectivity index (χ2v) is 5.40. The average molecular weight is 304 g/mol. The maximum absolute atomic E-state index is 12.3. The van der Waals surface area contributed by atoms with Crippen molar-refractivity contribution in [1.82, 2.24) is 0 Å². The molecule has 2 rings (SSSR count). The minimum Gasteiger partial charge on any atom is -0.453 e. The quantitative estimate of drug-likeness (QED) is 0.572. The first-order valence-electron chi connectivity index (χ1n) is 7.82.